The van der Waals surface area contributed by atoms with Gasteiger partial charge in [0.2, 0.25) is 0 Å². The molecule has 1 aromatic heterocycles. The molecule has 0 bridgehead atoms. The fourth-order valence-corrected chi connectivity index (χ4v) is 3.16. The number of likely N-dealkylation sites (tertiary alicyclic amines) is 1. The molecule has 2 aliphatic heterocycles. The van der Waals surface area contributed by atoms with Crippen LogP contribution < -0.4 is 0 Å². The van der Waals surface area contributed by atoms with Crippen LogP contribution in [0.25, 0.3) is 0 Å². The Balaban J connectivity index is 1.84. The number of fused-ring (bicyclic) bond motifs is 1. The van der Waals surface area contributed by atoms with Crippen LogP contribution in [-0.4, -0.2) is 54.3 Å². The van der Waals surface area contributed by atoms with Crippen molar-refractivity contribution in [1.29, 1.82) is 0 Å². The molecule has 0 radical (unpaired) electrons. The number of carbonyl (C=O) groups excluding carboxylic acids is 1. The van der Waals surface area contributed by atoms with Crippen LogP contribution in [0.3, 0.4) is 0 Å². The van der Waals surface area contributed by atoms with Crippen molar-refractivity contribution in [3.05, 3.63) is 29.6 Å². The van der Waals surface area contributed by atoms with E-state index in [1.807, 2.05) is 24.0 Å². The summed E-state index contributed by atoms with van der Waals surface area (Å²) in [6, 6.07) is 5.65. The van der Waals surface area contributed by atoms with E-state index in [0.29, 0.717) is 12.2 Å². The van der Waals surface area contributed by atoms with E-state index < -0.39 is 0 Å². The lowest BCUT2D eigenvalue weighted by Crippen LogP contribution is -2.44. The Bertz CT molecular complexity index is 506. The molecule has 3 atom stereocenters. The first-order valence-corrected chi connectivity index (χ1v) is 7.09. The Hall–Kier alpha value is -1.46. The lowest BCUT2D eigenvalue weighted by molar-refractivity contribution is -0.0639. The number of rotatable bonds is 2. The molecule has 3 rings (SSSR count). The van der Waals surface area contributed by atoms with Gasteiger partial charge in [-0.3, -0.25) is 4.79 Å². The summed E-state index contributed by atoms with van der Waals surface area (Å²) in [6.45, 7) is 3.23. The highest BCUT2D eigenvalue weighted by Crippen LogP contribution is 2.31. The predicted octanol–water partition coefficient (Wildman–Crippen LogP) is 1.41. The minimum Gasteiger partial charge on any atom is -0.377 e. The highest BCUT2D eigenvalue weighted by atomic mass is 16.5. The number of carbonyl (C=O) groups is 1. The maximum atomic E-state index is 12.7. The van der Waals surface area contributed by atoms with Crippen molar-refractivity contribution in [1.82, 2.24) is 9.88 Å². The van der Waals surface area contributed by atoms with Crippen molar-refractivity contribution in [2.75, 3.05) is 20.3 Å². The minimum atomic E-state index is -0.0333. The third kappa shape index (κ3) is 2.31. The van der Waals surface area contributed by atoms with E-state index in [1.165, 1.54) is 0 Å². The first kappa shape index (κ1) is 13.5. The van der Waals surface area contributed by atoms with Crippen LogP contribution in [0.1, 0.15) is 29.0 Å². The summed E-state index contributed by atoms with van der Waals surface area (Å²) in [4.78, 5) is 18.9. The van der Waals surface area contributed by atoms with Crippen LogP contribution in [0.4, 0.5) is 0 Å². The second kappa shape index (κ2) is 5.50. The Morgan fingerprint density at radius 1 is 1.50 bits per heavy atom. The first-order valence-electron chi connectivity index (χ1n) is 7.09. The molecule has 0 N–H and O–H groups in total. The number of nitrogens with zero attached hydrogens (tertiary/aromatic N) is 2. The number of pyridine rings is 1. The van der Waals surface area contributed by atoms with Gasteiger partial charge in [-0.1, -0.05) is 6.07 Å². The molecule has 1 amide bonds. The van der Waals surface area contributed by atoms with Gasteiger partial charge in [0.1, 0.15) is 17.9 Å². The smallest absolute Gasteiger partial charge is 0.272 e. The molecule has 0 spiro atoms. The molecule has 108 valence electrons. The average molecular weight is 276 g/mol. The van der Waals surface area contributed by atoms with E-state index in [-0.39, 0.29) is 24.2 Å². The predicted molar refractivity (Wildman–Crippen MR) is 73.6 cm³/mol. The van der Waals surface area contributed by atoms with Gasteiger partial charge in [-0.25, -0.2) is 4.98 Å². The second-order valence-corrected chi connectivity index (χ2v) is 5.44. The topological polar surface area (TPSA) is 51.7 Å². The van der Waals surface area contributed by atoms with Gasteiger partial charge in [0, 0.05) is 19.4 Å². The molecule has 5 heteroatoms. The summed E-state index contributed by atoms with van der Waals surface area (Å²) < 4.78 is 11.3. The van der Waals surface area contributed by atoms with Crippen LogP contribution in [0.15, 0.2) is 18.2 Å². The lowest BCUT2D eigenvalue weighted by atomic mass is 10.0. The molecule has 0 unspecified atom stereocenters. The molecule has 1 aromatic rings. The Morgan fingerprint density at radius 2 is 2.35 bits per heavy atom. The van der Waals surface area contributed by atoms with Gasteiger partial charge in [0.25, 0.3) is 5.91 Å². The van der Waals surface area contributed by atoms with E-state index in [1.54, 1.807) is 13.2 Å². The van der Waals surface area contributed by atoms with E-state index in [4.69, 9.17) is 9.47 Å². The number of ether oxygens (including phenoxy) is 2. The minimum absolute atomic E-state index is 0.00232. The van der Waals surface area contributed by atoms with Crippen LogP contribution in [-0.2, 0) is 9.47 Å². The molecule has 5 nitrogen and oxygen atoms in total. The summed E-state index contributed by atoms with van der Waals surface area (Å²) in [7, 11) is 1.68. The van der Waals surface area contributed by atoms with Crippen molar-refractivity contribution in [3.63, 3.8) is 0 Å². The Kier molecular flexibility index (Phi) is 3.72. The number of aromatic nitrogens is 1. The molecular weight excluding hydrogens is 256 g/mol. The fraction of sp³-hybridized carbons (Fsp3) is 0.600. The molecular formula is C15H20N2O3. The van der Waals surface area contributed by atoms with Gasteiger partial charge < -0.3 is 14.4 Å². The van der Waals surface area contributed by atoms with Crippen molar-refractivity contribution in [2.24, 2.45) is 0 Å². The molecule has 2 saturated heterocycles. The summed E-state index contributed by atoms with van der Waals surface area (Å²) in [5.74, 6) is -0.0197. The van der Waals surface area contributed by atoms with Crippen LogP contribution in [0, 0.1) is 6.92 Å². The van der Waals surface area contributed by atoms with Gasteiger partial charge in [0.05, 0.1) is 12.6 Å². The van der Waals surface area contributed by atoms with Crippen molar-refractivity contribution in [2.45, 2.75) is 38.0 Å². The fourth-order valence-electron chi connectivity index (χ4n) is 3.16. The average Bonchev–Trinajstić information content (AvgIpc) is 2.85. The highest BCUT2D eigenvalue weighted by molar-refractivity contribution is 5.92. The van der Waals surface area contributed by atoms with E-state index >= 15 is 0 Å². The maximum absolute atomic E-state index is 12.7. The van der Waals surface area contributed by atoms with Gasteiger partial charge in [-0.05, 0) is 31.9 Å². The first-order chi connectivity index (χ1) is 9.70. The number of aryl methyl sites for hydroxylation is 1. The van der Waals surface area contributed by atoms with E-state index in [9.17, 15) is 4.79 Å². The maximum Gasteiger partial charge on any atom is 0.272 e. The Morgan fingerprint density at radius 3 is 3.10 bits per heavy atom. The number of amides is 1. The summed E-state index contributed by atoms with van der Waals surface area (Å²) in [5, 5.41) is 0. The third-order valence-electron chi connectivity index (χ3n) is 4.15. The van der Waals surface area contributed by atoms with Gasteiger partial charge in [-0.15, -0.1) is 0 Å². The van der Waals surface area contributed by atoms with Crippen molar-refractivity contribution >= 4 is 5.91 Å². The highest BCUT2D eigenvalue weighted by Gasteiger charge is 2.46. The molecule has 0 aromatic carbocycles. The van der Waals surface area contributed by atoms with Gasteiger partial charge >= 0.3 is 0 Å². The number of methoxy groups -OCH3 is 1. The summed E-state index contributed by atoms with van der Waals surface area (Å²) in [6.07, 6.45) is 1.93. The molecule has 0 saturated carbocycles. The number of hydrogen-bond donors (Lipinski definition) is 0. The molecule has 2 fully saturated rings. The zero-order chi connectivity index (χ0) is 14.1. The molecule has 0 aliphatic carbocycles. The number of hydrogen-bond acceptors (Lipinski definition) is 4. The van der Waals surface area contributed by atoms with Crippen LogP contribution in [0.5, 0.6) is 0 Å². The monoisotopic (exact) mass is 276 g/mol. The van der Waals surface area contributed by atoms with E-state index in [2.05, 4.69) is 4.98 Å². The standard InChI is InChI=1S/C15H20N2O3/c1-10-5-3-6-11(16-10)15(18)17-9-13(19-2)14-12(17)7-4-8-20-14/h3,5-6,12-14H,4,7-9H2,1-2H3/t12-,13+,14+/m0/s1. The Labute approximate surface area is 118 Å². The largest absolute Gasteiger partial charge is 0.377 e. The van der Waals surface area contributed by atoms with Gasteiger partial charge in [-0.2, -0.15) is 0 Å². The normalized spacial score (nSPS) is 29.3. The molecule has 2 aliphatic rings. The van der Waals surface area contributed by atoms with Crippen molar-refractivity contribution in [3.8, 4) is 0 Å². The quantitative estimate of drug-likeness (QED) is 0.819. The zero-order valence-corrected chi connectivity index (χ0v) is 11.9. The summed E-state index contributed by atoms with van der Waals surface area (Å²) in [5.41, 5.74) is 1.36. The third-order valence-corrected chi connectivity index (χ3v) is 4.15. The van der Waals surface area contributed by atoms with Crippen molar-refractivity contribution < 1.29 is 14.3 Å². The second-order valence-electron chi connectivity index (χ2n) is 5.44. The molecule has 20 heavy (non-hydrogen) atoms. The summed E-state index contributed by atoms with van der Waals surface area (Å²) >= 11 is 0. The SMILES string of the molecule is CO[C@@H]1CN(C(=O)c2cccc(C)n2)[C@H]2CCCO[C@@H]12. The zero-order valence-electron chi connectivity index (χ0n) is 11.9. The van der Waals surface area contributed by atoms with E-state index in [0.717, 1.165) is 25.1 Å². The van der Waals surface area contributed by atoms with Crippen LogP contribution in [0.2, 0.25) is 0 Å². The molecule has 3 heterocycles. The lowest BCUT2D eigenvalue weighted by Gasteiger charge is -2.31. The van der Waals surface area contributed by atoms with Gasteiger partial charge in [0.15, 0.2) is 0 Å². The van der Waals surface area contributed by atoms with Crippen LogP contribution >= 0.6 is 0 Å².